The van der Waals surface area contributed by atoms with E-state index in [9.17, 15) is 4.79 Å². The van der Waals surface area contributed by atoms with E-state index < -0.39 is 0 Å². The molecule has 6 heteroatoms. The molecule has 2 aromatic carbocycles. The molecule has 4 rings (SSSR count). The van der Waals surface area contributed by atoms with E-state index in [4.69, 9.17) is 18.6 Å². The number of benzene rings is 2. The predicted molar refractivity (Wildman–Crippen MR) is 112 cm³/mol. The van der Waals surface area contributed by atoms with Gasteiger partial charge in [-0.2, -0.15) is 0 Å². The number of methoxy groups -OCH3 is 2. The maximum absolute atomic E-state index is 12.2. The Kier molecular flexibility index (Phi) is 5.34. The van der Waals surface area contributed by atoms with E-state index in [2.05, 4.69) is 6.92 Å². The Bertz CT molecular complexity index is 1090. The number of rotatable bonds is 6. The Morgan fingerprint density at radius 3 is 2.72 bits per heavy atom. The van der Waals surface area contributed by atoms with Gasteiger partial charge in [-0.3, -0.25) is 0 Å². The molecule has 1 aliphatic rings. The van der Waals surface area contributed by atoms with Gasteiger partial charge in [-0.05, 0) is 42.7 Å². The highest BCUT2D eigenvalue weighted by molar-refractivity contribution is 5.86. The molecule has 0 saturated carbocycles. The highest BCUT2D eigenvalue weighted by atomic mass is 16.5. The second-order valence-electron chi connectivity index (χ2n) is 7.12. The van der Waals surface area contributed by atoms with Crippen molar-refractivity contribution >= 4 is 16.7 Å². The molecule has 0 N–H and O–H groups in total. The maximum atomic E-state index is 12.2. The second kappa shape index (κ2) is 8.07. The smallest absolute Gasteiger partial charge is 0.336 e. The quantitative estimate of drug-likeness (QED) is 0.573. The third kappa shape index (κ3) is 3.62. The van der Waals surface area contributed by atoms with Crippen molar-refractivity contribution in [3.8, 4) is 17.2 Å². The van der Waals surface area contributed by atoms with E-state index in [1.54, 1.807) is 20.3 Å². The van der Waals surface area contributed by atoms with Gasteiger partial charge in [-0.1, -0.05) is 13.3 Å². The SMILES string of the molecule is CCCCc1cc(=O)oc2c3c(ccc12)OCN(c1cc(OC)ccc1OC)C3. The van der Waals surface area contributed by atoms with Crippen molar-refractivity contribution in [1.29, 1.82) is 0 Å². The molecule has 0 saturated heterocycles. The van der Waals surface area contributed by atoms with Crippen LogP contribution in [0.1, 0.15) is 30.9 Å². The Labute approximate surface area is 169 Å². The monoisotopic (exact) mass is 395 g/mol. The lowest BCUT2D eigenvalue weighted by Crippen LogP contribution is -2.32. The van der Waals surface area contributed by atoms with E-state index in [-0.39, 0.29) is 5.63 Å². The Balaban J connectivity index is 1.79. The molecule has 0 amide bonds. The summed E-state index contributed by atoms with van der Waals surface area (Å²) < 4.78 is 22.5. The molecule has 0 aliphatic carbocycles. The Morgan fingerprint density at radius 2 is 1.97 bits per heavy atom. The molecular formula is C23H25NO5. The highest BCUT2D eigenvalue weighted by Crippen LogP contribution is 2.39. The largest absolute Gasteiger partial charge is 0.497 e. The van der Waals surface area contributed by atoms with Gasteiger partial charge < -0.3 is 23.5 Å². The van der Waals surface area contributed by atoms with Gasteiger partial charge in [0.1, 0.15) is 22.8 Å². The lowest BCUT2D eigenvalue weighted by Gasteiger charge is -2.32. The average Bonchev–Trinajstić information content (AvgIpc) is 2.76. The van der Waals surface area contributed by atoms with Crippen molar-refractivity contribution in [3.63, 3.8) is 0 Å². The van der Waals surface area contributed by atoms with Gasteiger partial charge in [0.25, 0.3) is 0 Å². The van der Waals surface area contributed by atoms with Crippen LogP contribution in [-0.2, 0) is 13.0 Å². The molecular weight excluding hydrogens is 370 g/mol. The molecule has 0 radical (unpaired) electrons. The van der Waals surface area contributed by atoms with Crippen molar-refractivity contribution < 1.29 is 18.6 Å². The molecule has 29 heavy (non-hydrogen) atoms. The van der Waals surface area contributed by atoms with Crippen molar-refractivity contribution in [3.05, 3.63) is 57.9 Å². The molecule has 152 valence electrons. The molecule has 6 nitrogen and oxygen atoms in total. The summed E-state index contributed by atoms with van der Waals surface area (Å²) in [6, 6.07) is 11.2. The number of fused-ring (bicyclic) bond motifs is 3. The minimum Gasteiger partial charge on any atom is -0.497 e. The molecule has 0 atom stereocenters. The summed E-state index contributed by atoms with van der Waals surface area (Å²) in [5.41, 5.74) is 3.03. The number of hydrogen-bond donors (Lipinski definition) is 0. The van der Waals surface area contributed by atoms with Crippen LogP contribution in [0, 0.1) is 0 Å². The first-order chi connectivity index (χ1) is 14.1. The van der Waals surface area contributed by atoms with E-state index in [1.165, 1.54) is 0 Å². The van der Waals surface area contributed by atoms with Crippen LogP contribution in [0.25, 0.3) is 11.0 Å². The van der Waals surface area contributed by atoms with Crippen LogP contribution in [0.3, 0.4) is 0 Å². The van der Waals surface area contributed by atoms with Crippen molar-refractivity contribution in [2.75, 3.05) is 25.9 Å². The molecule has 0 spiro atoms. The zero-order valence-electron chi connectivity index (χ0n) is 17.0. The fourth-order valence-electron chi connectivity index (χ4n) is 3.77. The van der Waals surface area contributed by atoms with Crippen molar-refractivity contribution in [2.45, 2.75) is 32.7 Å². The molecule has 3 aromatic rings. The van der Waals surface area contributed by atoms with Gasteiger partial charge in [0, 0.05) is 17.5 Å². The minimum atomic E-state index is -0.326. The van der Waals surface area contributed by atoms with E-state index in [0.29, 0.717) is 18.9 Å². The lowest BCUT2D eigenvalue weighted by atomic mass is 10.0. The van der Waals surface area contributed by atoms with Crippen LogP contribution in [0.5, 0.6) is 17.2 Å². The van der Waals surface area contributed by atoms with Gasteiger partial charge >= 0.3 is 5.63 Å². The minimum absolute atomic E-state index is 0.326. The summed E-state index contributed by atoms with van der Waals surface area (Å²) in [6.45, 7) is 3.04. The molecule has 1 aromatic heterocycles. The average molecular weight is 395 g/mol. The lowest BCUT2D eigenvalue weighted by molar-refractivity contribution is 0.286. The molecule has 1 aliphatic heterocycles. The van der Waals surface area contributed by atoms with Gasteiger partial charge in [0.2, 0.25) is 0 Å². The van der Waals surface area contributed by atoms with Crippen molar-refractivity contribution in [2.24, 2.45) is 0 Å². The molecule has 0 fully saturated rings. The third-order valence-electron chi connectivity index (χ3n) is 5.31. The van der Waals surface area contributed by atoms with Crippen LogP contribution >= 0.6 is 0 Å². The van der Waals surface area contributed by atoms with Crippen LogP contribution in [0.4, 0.5) is 5.69 Å². The first-order valence-corrected chi connectivity index (χ1v) is 9.83. The van der Waals surface area contributed by atoms with Crippen LogP contribution in [0.15, 0.2) is 45.6 Å². The topological polar surface area (TPSA) is 61.1 Å². The zero-order chi connectivity index (χ0) is 20.4. The third-order valence-corrected chi connectivity index (χ3v) is 5.31. The number of ether oxygens (including phenoxy) is 3. The summed E-state index contributed by atoms with van der Waals surface area (Å²) in [7, 11) is 3.27. The maximum Gasteiger partial charge on any atom is 0.336 e. The number of unbranched alkanes of at least 4 members (excludes halogenated alkanes) is 1. The van der Waals surface area contributed by atoms with Crippen LogP contribution in [0.2, 0.25) is 0 Å². The first-order valence-electron chi connectivity index (χ1n) is 9.83. The fourth-order valence-corrected chi connectivity index (χ4v) is 3.77. The molecule has 0 bridgehead atoms. The molecule has 2 heterocycles. The van der Waals surface area contributed by atoms with Gasteiger partial charge in [-0.15, -0.1) is 0 Å². The summed E-state index contributed by atoms with van der Waals surface area (Å²) in [4.78, 5) is 14.3. The fraction of sp³-hybridized carbons (Fsp3) is 0.348. The normalized spacial score (nSPS) is 13.1. The number of hydrogen-bond acceptors (Lipinski definition) is 6. The van der Waals surface area contributed by atoms with E-state index in [0.717, 1.165) is 58.7 Å². The summed E-state index contributed by atoms with van der Waals surface area (Å²) in [5.74, 6) is 2.20. The van der Waals surface area contributed by atoms with Crippen LogP contribution in [-0.4, -0.2) is 21.0 Å². The highest BCUT2D eigenvalue weighted by Gasteiger charge is 2.24. The van der Waals surface area contributed by atoms with E-state index in [1.807, 2.05) is 35.2 Å². The second-order valence-corrected chi connectivity index (χ2v) is 7.12. The Morgan fingerprint density at radius 1 is 1.10 bits per heavy atom. The summed E-state index contributed by atoms with van der Waals surface area (Å²) in [6.07, 6.45) is 2.95. The van der Waals surface area contributed by atoms with Gasteiger partial charge in [0.15, 0.2) is 6.73 Å². The van der Waals surface area contributed by atoms with Gasteiger partial charge in [-0.25, -0.2) is 4.79 Å². The standard InChI is InChI=1S/C23H25NO5/c1-4-5-6-15-11-22(25)29-23-17(15)8-10-20-18(23)13-24(14-28-20)19-12-16(26-2)7-9-21(19)27-3/h7-12H,4-6,13-14H2,1-3H3. The first kappa shape index (κ1) is 19.2. The zero-order valence-corrected chi connectivity index (χ0v) is 17.0. The number of aryl methyl sites for hydroxylation is 1. The summed E-state index contributed by atoms with van der Waals surface area (Å²) >= 11 is 0. The number of anilines is 1. The predicted octanol–water partition coefficient (Wildman–Crippen LogP) is 4.51. The van der Waals surface area contributed by atoms with Gasteiger partial charge in [0.05, 0.1) is 32.0 Å². The molecule has 0 unspecified atom stereocenters. The van der Waals surface area contributed by atoms with Crippen LogP contribution < -0.4 is 24.7 Å². The number of nitrogens with zero attached hydrogens (tertiary/aromatic N) is 1. The van der Waals surface area contributed by atoms with Crippen molar-refractivity contribution in [1.82, 2.24) is 0 Å². The summed E-state index contributed by atoms with van der Waals surface area (Å²) in [5, 5.41) is 0.972. The Hall–Kier alpha value is -3.15. The van der Waals surface area contributed by atoms with E-state index >= 15 is 0 Å².